The Kier molecular flexibility index (Phi) is 2.30. The standard InChI is InChI=1S/C4H6.C2H5.In/c1-3-4-2;1-2;/h3-4H,1-2H2;1H2,2H3;. The molecule has 0 aliphatic carbocycles. The van der Waals surface area contributed by atoms with Gasteiger partial charge in [-0.15, -0.1) is 0 Å². The Bertz CT molecular complexity index is 68.2. The van der Waals surface area contributed by atoms with Gasteiger partial charge in [0.2, 0.25) is 0 Å². The molecule has 0 fully saturated rings. The van der Waals surface area contributed by atoms with Crippen molar-refractivity contribution in [1.29, 1.82) is 0 Å². The van der Waals surface area contributed by atoms with E-state index < -0.39 is 21.4 Å². The van der Waals surface area contributed by atoms with Crippen LogP contribution in [0.4, 0.5) is 0 Å². The van der Waals surface area contributed by atoms with Crippen molar-refractivity contribution in [2.75, 3.05) is 0 Å². The molecule has 0 radical (unpaired) electrons. The third-order valence-electron chi connectivity index (χ3n) is 1.68. The molecule has 0 nitrogen and oxygen atoms in total. The van der Waals surface area contributed by atoms with Crippen LogP contribution in [0.15, 0.2) is 12.2 Å². The van der Waals surface area contributed by atoms with Gasteiger partial charge in [-0.25, -0.2) is 0 Å². The van der Waals surface area contributed by atoms with Gasteiger partial charge in [-0.05, 0) is 0 Å². The molecule has 0 aromatic heterocycles. The van der Waals surface area contributed by atoms with Crippen LogP contribution in [-0.4, -0.2) is 21.4 Å². The zero-order valence-electron chi connectivity index (χ0n) is 4.85. The molecule has 1 aliphatic rings. The van der Waals surface area contributed by atoms with Crippen LogP contribution in [0.25, 0.3) is 0 Å². The first-order valence-corrected chi connectivity index (χ1v) is 10.1. The summed E-state index contributed by atoms with van der Waals surface area (Å²) < 4.78 is 4.64. The Labute approximate surface area is 53.1 Å². The molecule has 0 N–H and O–H groups in total. The zero-order valence-corrected chi connectivity index (χ0v) is 8.15. The molecule has 0 unspecified atom stereocenters. The summed E-state index contributed by atoms with van der Waals surface area (Å²) in [5.41, 5.74) is 0. The molecule has 1 rings (SSSR count). The van der Waals surface area contributed by atoms with Crippen LogP contribution in [0.1, 0.15) is 6.92 Å². The van der Waals surface area contributed by atoms with E-state index >= 15 is 0 Å². The van der Waals surface area contributed by atoms with Gasteiger partial charge in [0, 0.05) is 0 Å². The predicted molar refractivity (Wildman–Crippen MR) is 35.0 cm³/mol. The summed E-state index contributed by atoms with van der Waals surface area (Å²) in [5, 5.41) is 0. The van der Waals surface area contributed by atoms with Crippen molar-refractivity contribution in [3.05, 3.63) is 12.2 Å². The van der Waals surface area contributed by atoms with E-state index in [1.165, 1.54) is 8.35 Å². The molecule has 0 saturated heterocycles. The minimum absolute atomic E-state index is 0.764. The van der Waals surface area contributed by atoms with Crippen LogP contribution in [0.2, 0.25) is 12.5 Å². The molecule has 1 aliphatic heterocycles. The molecule has 38 valence electrons. The fourth-order valence-electron chi connectivity index (χ4n) is 1.01. The number of hydrogen-bond donors (Lipinski definition) is 0. The van der Waals surface area contributed by atoms with Crippen molar-refractivity contribution in [1.82, 2.24) is 0 Å². The average molecular weight is 198 g/mol. The normalized spacial score (nSPS) is 18.7. The average Bonchev–Trinajstić information content (AvgIpc) is 2.14. The van der Waals surface area contributed by atoms with Gasteiger partial charge in [0.1, 0.15) is 0 Å². The van der Waals surface area contributed by atoms with Gasteiger partial charge < -0.3 is 0 Å². The maximum atomic E-state index is 2.38. The zero-order chi connectivity index (χ0) is 5.11. The van der Waals surface area contributed by atoms with E-state index in [0.717, 1.165) is 0 Å². The maximum absolute atomic E-state index is 2.38. The SMILES string of the molecule is C[CH2][In]1[CH2]C=C[CH2]1. The van der Waals surface area contributed by atoms with Crippen LogP contribution < -0.4 is 0 Å². The Morgan fingerprint density at radius 2 is 2.00 bits per heavy atom. The number of hydrogen-bond acceptors (Lipinski definition) is 0. The molecule has 0 atom stereocenters. The molecule has 0 spiro atoms. The molecule has 0 amide bonds. The summed E-state index contributed by atoms with van der Waals surface area (Å²) in [5.74, 6) is 0. The van der Waals surface area contributed by atoms with Crippen LogP contribution in [-0.2, 0) is 0 Å². The van der Waals surface area contributed by atoms with Gasteiger partial charge in [0.05, 0.1) is 0 Å². The van der Waals surface area contributed by atoms with Gasteiger partial charge in [0.15, 0.2) is 0 Å². The molecular weight excluding hydrogens is 187 g/mol. The van der Waals surface area contributed by atoms with Crippen LogP contribution in [0.3, 0.4) is 0 Å². The third-order valence-corrected chi connectivity index (χ3v) is 10.3. The minimum atomic E-state index is -0.764. The Morgan fingerprint density at radius 1 is 1.43 bits per heavy atom. The topological polar surface area (TPSA) is 0 Å². The fraction of sp³-hybridized carbons (Fsp3) is 0.667. The van der Waals surface area contributed by atoms with Crippen molar-refractivity contribution >= 4 is 21.4 Å². The van der Waals surface area contributed by atoms with Crippen molar-refractivity contribution in [3.8, 4) is 0 Å². The van der Waals surface area contributed by atoms with Crippen LogP contribution in [0.5, 0.6) is 0 Å². The molecule has 0 saturated carbocycles. The van der Waals surface area contributed by atoms with E-state index in [-0.39, 0.29) is 0 Å². The first-order valence-electron chi connectivity index (χ1n) is 3.08. The summed E-state index contributed by atoms with van der Waals surface area (Å²) >= 11 is -0.764. The predicted octanol–water partition coefficient (Wildman–Crippen LogP) is 2.07. The first kappa shape index (κ1) is 5.74. The molecule has 0 aromatic rings. The first-order chi connectivity index (χ1) is 3.43. The van der Waals surface area contributed by atoms with Gasteiger partial charge in [-0.3, -0.25) is 0 Å². The van der Waals surface area contributed by atoms with E-state index in [9.17, 15) is 0 Å². The van der Waals surface area contributed by atoms with E-state index in [1.807, 2.05) is 0 Å². The number of allylic oxidation sites excluding steroid dienone is 2. The Balaban J connectivity index is 2.22. The summed E-state index contributed by atoms with van der Waals surface area (Å²) in [4.78, 5) is 0. The van der Waals surface area contributed by atoms with Gasteiger partial charge in [0.25, 0.3) is 0 Å². The molecule has 7 heavy (non-hydrogen) atoms. The van der Waals surface area contributed by atoms with Crippen molar-refractivity contribution in [2.24, 2.45) is 0 Å². The second-order valence-electron chi connectivity index (χ2n) is 2.22. The van der Waals surface area contributed by atoms with E-state index in [2.05, 4.69) is 19.1 Å². The molecule has 1 heteroatoms. The Hall–Kier alpha value is 0.610. The summed E-state index contributed by atoms with van der Waals surface area (Å²) in [6.45, 7) is 2.35. The molecule has 0 bridgehead atoms. The second kappa shape index (κ2) is 2.81. The van der Waals surface area contributed by atoms with E-state index in [1.54, 1.807) is 4.18 Å². The van der Waals surface area contributed by atoms with Gasteiger partial charge in [-0.2, -0.15) is 0 Å². The fourth-order valence-corrected chi connectivity index (χ4v) is 6.75. The van der Waals surface area contributed by atoms with Crippen molar-refractivity contribution < 1.29 is 0 Å². The Morgan fingerprint density at radius 3 is 2.29 bits per heavy atom. The second-order valence-corrected chi connectivity index (χ2v) is 12.2. The molecule has 0 aromatic carbocycles. The molecule has 1 heterocycles. The van der Waals surface area contributed by atoms with E-state index in [0.29, 0.717) is 0 Å². The van der Waals surface area contributed by atoms with E-state index in [4.69, 9.17) is 0 Å². The quantitative estimate of drug-likeness (QED) is 0.565. The van der Waals surface area contributed by atoms with Gasteiger partial charge in [-0.1, -0.05) is 0 Å². The number of rotatable bonds is 1. The van der Waals surface area contributed by atoms with Crippen molar-refractivity contribution in [2.45, 2.75) is 19.5 Å². The third kappa shape index (κ3) is 1.52. The summed E-state index contributed by atoms with van der Waals surface area (Å²) in [6.07, 6.45) is 4.76. The summed E-state index contributed by atoms with van der Waals surface area (Å²) in [7, 11) is 0. The van der Waals surface area contributed by atoms with Crippen LogP contribution >= 0.6 is 0 Å². The van der Waals surface area contributed by atoms with Gasteiger partial charge >= 0.3 is 53.0 Å². The summed E-state index contributed by atoms with van der Waals surface area (Å²) in [6, 6.07) is 0. The molecular formula is C6H11In. The van der Waals surface area contributed by atoms with Crippen molar-refractivity contribution in [3.63, 3.8) is 0 Å². The van der Waals surface area contributed by atoms with Crippen LogP contribution in [0, 0.1) is 0 Å². The monoisotopic (exact) mass is 198 g/mol.